The number of thiophene rings is 1. The summed E-state index contributed by atoms with van der Waals surface area (Å²) in [5.41, 5.74) is 4.78. The molecule has 3 aromatic heterocycles. The van der Waals surface area contributed by atoms with E-state index >= 15 is 0 Å². The second-order valence-electron chi connectivity index (χ2n) is 9.79. The zero-order valence-electron chi connectivity index (χ0n) is 20.2. The highest BCUT2D eigenvalue weighted by Gasteiger charge is 2.33. The van der Waals surface area contributed by atoms with E-state index in [4.69, 9.17) is 19.4 Å². The molecule has 0 aliphatic carbocycles. The van der Waals surface area contributed by atoms with Crippen molar-refractivity contribution < 1.29 is 9.47 Å². The quantitative estimate of drug-likeness (QED) is 0.190. The van der Waals surface area contributed by atoms with Crippen molar-refractivity contribution in [1.82, 2.24) is 15.0 Å². The van der Waals surface area contributed by atoms with Gasteiger partial charge >= 0.3 is 0 Å². The molecule has 2 aliphatic heterocycles. The van der Waals surface area contributed by atoms with Gasteiger partial charge in [-0.2, -0.15) is 0 Å². The average Bonchev–Trinajstić information content (AvgIpc) is 3.26. The van der Waals surface area contributed by atoms with E-state index < -0.39 is 0 Å². The van der Waals surface area contributed by atoms with Gasteiger partial charge in [0.25, 0.3) is 0 Å². The van der Waals surface area contributed by atoms with Gasteiger partial charge in [0.1, 0.15) is 22.0 Å². The van der Waals surface area contributed by atoms with Crippen LogP contribution < -0.4 is 4.90 Å². The van der Waals surface area contributed by atoms with Crippen molar-refractivity contribution in [3.63, 3.8) is 0 Å². The van der Waals surface area contributed by atoms with E-state index in [1.165, 1.54) is 22.1 Å². The highest BCUT2D eigenvalue weighted by molar-refractivity contribution is 7.99. The summed E-state index contributed by atoms with van der Waals surface area (Å²) in [4.78, 5) is 18.1. The first kappa shape index (κ1) is 23.2. The van der Waals surface area contributed by atoms with Crippen molar-refractivity contribution in [2.45, 2.75) is 50.3 Å². The molecule has 182 valence electrons. The van der Waals surface area contributed by atoms with Crippen LogP contribution in [0.3, 0.4) is 0 Å². The van der Waals surface area contributed by atoms with Crippen LogP contribution in [0.4, 0.5) is 5.82 Å². The SMILES string of the molecule is CC1(C)Cc2c(c(N3CCOCC3)nc3sc4c(SCCCc5ccccc5)ncnc4c23)CO1. The minimum atomic E-state index is -0.208. The highest BCUT2D eigenvalue weighted by Crippen LogP contribution is 2.44. The third-order valence-electron chi connectivity index (χ3n) is 6.78. The summed E-state index contributed by atoms with van der Waals surface area (Å²) in [7, 11) is 0. The second-order valence-corrected chi connectivity index (χ2v) is 11.9. The predicted octanol–water partition coefficient (Wildman–Crippen LogP) is 5.65. The molecule has 1 fully saturated rings. The lowest BCUT2D eigenvalue weighted by molar-refractivity contribution is -0.0396. The van der Waals surface area contributed by atoms with Crippen molar-refractivity contribution in [3.05, 3.63) is 53.3 Å². The Morgan fingerprint density at radius 1 is 1.09 bits per heavy atom. The average molecular weight is 507 g/mol. The van der Waals surface area contributed by atoms with Crippen molar-refractivity contribution >= 4 is 49.3 Å². The van der Waals surface area contributed by atoms with Crippen LogP contribution in [0.5, 0.6) is 0 Å². The number of aryl methyl sites for hydroxylation is 1. The molecule has 0 atom stereocenters. The Bertz CT molecular complexity index is 1350. The lowest BCUT2D eigenvalue weighted by Gasteiger charge is -2.36. The van der Waals surface area contributed by atoms with Gasteiger partial charge in [-0.25, -0.2) is 15.0 Å². The van der Waals surface area contributed by atoms with Crippen LogP contribution in [0.15, 0.2) is 41.7 Å². The Balaban J connectivity index is 1.37. The molecule has 1 saturated heterocycles. The smallest absolute Gasteiger partial charge is 0.136 e. The molecule has 35 heavy (non-hydrogen) atoms. The third kappa shape index (κ3) is 4.65. The van der Waals surface area contributed by atoms with E-state index in [1.807, 2.05) is 11.8 Å². The van der Waals surface area contributed by atoms with Crippen molar-refractivity contribution in [2.75, 3.05) is 37.0 Å². The highest BCUT2D eigenvalue weighted by atomic mass is 32.2. The summed E-state index contributed by atoms with van der Waals surface area (Å²) in [5, 5.41) is 2.26. The number of benzene rings is 1. The minimum absolute atomic E-state index is 0.208. The maximum atomic E-state index is 6.26. The van der Waals surface area contributed by atoms with Gasteiger partial charge in [0.05, 0.1) is 35.6 Å². The fraction of sp³-hybridized carbons (Fsp3) is 0.444. The van der Waals surface area contributed by atoms with E-state index in [2.05, 4.69) is 54.1 Å². The lowest BCUT2D eigenvalue weighted by atomic mass is 9.90. The summed E-state index contributed by atoms with van der Waals surface area (Å²) >= 11 is 3.57. The summed E-state index contributed by atoms with van der Waals surface area (Å²) in [6.07, 6.45) is 4.78. The molecule has 0 amide bonds. The van der Waals surface area contributed by atoms with E-state index in [0.29, 0.717) is 6.61 Å². The third-order valence-corrected chi connectivity index (χ3v) is 9.06. The zero-order chi connectivity index (χ0) is 23.8. The van der Waals surface area contributed by atoms with E-state index in [0.717, 1.165) is 77.2 Å². The molecule has 8 heteroatoms. The van der Waals surface area contributed by atoms with Crippen LogP contribution in [0, 0.1) is 0 Å². The van der Waals surface area contributed by atoms with Crippen molar-refractivity contribution in [2.24, 2.45) is 0 Å². The van der Waals surface area contributed by atoms with Gasteiger partial charge < -0.3 is 14.4 Å². The Morgan fingerprint density at radius 3 is 2.74 bits per heavy atom. The molecule has 0 N–H and O–H groups in total. The number of hydrogen-bond acceptors (Lipinski definition) is 8. The van der Waals surface area contributed by atoms with Gasteiger partial charge in [-0.3, -0.25) is 0 Å². The second kappa shape index (κ2) is 9.65. The largest absolute Gasteiger partial charge is 0.378 e. The van der Waals surface area contributed by atoms with Gasteiger partial charge in [0.15, 0.2) is 0 Å². The number of fused-ring (bicyclic) bond motifs is 5. The number of ether oxygens (including phenoxy) is 2. The van der Waals surface area contributed by atoms with Crippen LogP contribution in [-0.2, 0) is 28.9 Å². The Labute approximate surface area is 214 Å². The first-order valence-corrected chi connectivity index (χ1v) is 14.1. The number of nitrogens with zero attached hydrogens (tertiary/aromatic N) is 4. The molecule has 1 aromatic carbocycles. The van der Waals surface area contributed by atoms with Gasteiger partial charge in [-0.05, 0) is 43.6 Å². The standard InChI is InChI=1S/C27H30N4O2S2/c1-27(2)15-19-20(16-33-27)24(31-10-12-32-13-11-31)30-25-21(19)22-23(35-25)26(29-17-28-22)34-14-6-9-18-7-4-3-5-8-18/h3-5,7-8,17H,6,9-16H2,1-2H3. The number of rotatable bonds is 6. The molecule has 0 spiro atoms. The Kier molecular flexibility index (Phi) is 6.39. The molecule has 4 aromatic rings. The molecule has 0 saturated carbocycles. The Morgan fingerprint density at radius 2 is 1.91 bits per heavy atom. The summed E-state index contributed by atoms with van der Waals surface area (Å²) in [6.45, 7) is 8.14. The van der Waals surface area contributed by atoms with Gasteiger partial charge in [0.2, 0.25) is 0 Å². The topological polar surface area (TPSA) is 60.4 Å². The number of thioether (sulfide) groups is 1. The fourth-order valence-electron chi connectivity index (χ4n) is 5.00. The van der Waals surface area contributed by atoms with Crippen LogP contribution >= 0.6 is 23.1 Å². The van der Waals surface area contributed by atoms with Gasteiger partial charge in [-0.1, -0.05) is 30.3 Å². The molecule has 0 unspecified atom stereocenters. The molecule has 0 radical (unpaired) electrons. The first-order chi connectivity index (χ1) is 17.1. The fourth-order valence-corrected chi connectivity index (χ4v) is 7.17. The van der Waals surface area contributed by atoms with Crippen molar-refractivity contribution in [1.29, 1.82) is 0 Å². The molecule has 6 nitrogen and oxygen atoms in total. The summed E-state index contributed by atoms with van der Waals surface area (Å²) in [5.74, 6) is 2.09. The first-order valence-electron chi connectivity index (χ1n) is 12.3. The number of pyridine rings is 1. The van der Waals surface area contributed by atoms with E-state index in [-0.39, 0.29) is 5.60 Å². The van der Waals surface area contributed by atoms with Crippen LogP contribution in [0.1, 0.15) is 37.0 Å². The maximum Gasteiger partial charge on any atom is 0.136 e. The molecule has 5 heterocycles. The van der Waals surface area contributed by atoms with Crippen LogP contribution in [0.25, 0.3) is 20.4 Å². The van der Waals surface area contributed by atoms with Crippen LogP contribution in [0.2, 0.25) is 0 Å². The van der Waals surface area contributed by atoms with Gasteiger partial charge in [-0.15, -0.1) is 23.1 Å². The molecular formula is C27H30N4O2S2. The lowest BCUT2D eigenvalue weighted by Crippen LogP contribution is -2.39. The number of hydrogen-bond donors (Lipinski definition) is 0. The summed E-state index contributed by atoms with van der Waals surface area (Å²) in [6, 6.07) is 10.7. The number of aromatic nitrogens is 3. The Hall–Kier alpha value is -2.26. The van der Waals surface area contributed by atoms with E-state index in [9.17, 15) is 0 Å². The monoisotopic (exact) mass is 506 g/mol. The summed E-state index contributed by atoms with van der Waals surface area (Å²) < 4.78 is 13.0. The maximum absolute atomic E-state index is 6.26. The van der Waals surface area contributed by atoms with Crippen LogP contribution in [-0.4, -0.2) is 52.6 Å². The number of anilines is 1. The van der Waals surface area contributed by atoms with E-state index in [1.54, 1.807) is 17.7 Å². The zero-order valence-corrected chi connectivity index (χ0v) is 21.9. The molecular weight excluding hydrogens is 476 g/mol. The van der Waals surface area contributed by atoms with Crippen molar-refractivity contribution in [3.8, 4) is 0 Å². The normalized spacial score (nSPS) is 17.7. The molecule has 2 aliphatic rings. The number of morpholine rings is 1. The minimum Gasteiger partial charge on any atom is -0.378 e. The van der Waals surface area contributed by atoms with Gasteiger partial charge in [0, 0.05) is 30.5 Å². The molecule has 0 bridgehead atoms. The molecule has 6 rings (SSSR count). The predicted molar refractivity (Wildman–Crippen MR) is 144 cm³/mol.